The third-order valence-corrected chi connectivity index (χ3v) is 6.86. The average Bonchev–Trinajstić information content (AvgIpc) is 2.88. The molecule has 7 heteroatoms. The first kappa shape index (κ1) is 19.0. The van der Waals surface area contributed by atoms with Crippen molar-refractivity contribution in [2.45, 2.75) is 17.1 Å². The molecule has 29 heavy (non-hydrogen) atoms. The summed E-state index contributed by atoms with van der Waals surface area (Å²) in [7, 11) is -2.01. The average molecular weight is 408 g/mol. The van der Waals surface area contributed by atoms with Crippen molar-refractivity contribution in [1.82, 2.24) is 9.55 Å². The molecule has 1 unspecified atom stereocenters. The van der Waals surface area contributed by atoms with Crippen molar-refractivity contribution in [3.8, 4) is 11.4 Å². The van der Waals surface area contributed by atoms with E-state index in [4.69, 9.17) is 4.74 Å². The Hall–Kier alpha value is -3.32. The molecule has 1 aromatic heterocycles. The van der Waals surface area contributed by atoms with E-state index in [9.17, 15) is 13.2 Å². The molecule has 0 aliphatic heterocycles. The highest BCUT2D eigenvalue weighted by Gasteiger charge is 2.25. The zero-order valence-corrected chi connectivity index (χ0v) is 16.8. The van der Waals surface area contributed by atoms with Crippen molar-refractivity contribution >= 4 is 22.0 Å². The van der Waals surface area contributed by atoms with Gasteiger partial charge in [0.2, 0.25) is 0 Å². The molecule has 4 rings (SSSR count). The van der Waals surface area contributed by atoms with Crippen LogP contribution in [-0.2, 0) is 9.84 Å². The molecule has 0 saturated carbocycles. The number of nitrogens with one attached hydrogen (secondary N) is 1. The van der Waals surface area contributed by atoms with E-state index < -0.39 is 15.1 Å². The van der Waals surface area contributed by atoms with E-state index in [0.29, 0.717) is 22.8 Å². The van der Waals surface area contributed by atoms with Gasteiger partial charge >= 0.3 is 5.69 Å². The molecule has 1 heterocycles. The number of sulfone groups is 1. The molecule has 0 fully saturated rings. The molecule has 0 saturated heterocycles. The molecule has 1 atom stereocenters. The number of rotatable bonds is 4. The minimum Gasteiger partial charge on any atom is -0.497 e. The zero-order valence-electron chi connectivity index (χ0n) is 16.0. The first-order valence-electron chi connectivity index (χ1n) is 9.06. The van der Waals surface area contributed by atoms with Gasteiger partial charge in [-0.15, -0.1) is 0 Å². The highest BCUT2D eigenvalue weighted by atomic mass is 32.2. The highest BCUT2D eigenvalue weighted by Crippen LogP contribution is 2.25. The van der Waals surface area contributed by atoms with E-state index in [1.54, 1.807) is 79.9 Å². The van der Waals surface area contributed by atoms with Gasteiger partial charge in [-0.1, -0.05) is 29.8 Å². The minimum absolute atomic E-state index is 0.264. The fourth-order valence-electron chi connectivity index (χ4n) is 3.28. The smallest absolute Gasteiger partial charge is 0.331 e. The van der Waals surface area contributed by atoms with Crippen molar-refractivity contribution in [3.05, 3.63) is 88.1 Å². The zero-order chi connectivity index (χ0) is 20.6. The van der Waals surface area contributed by atoms with Gasteiger partial charge in [0, 0.05) is 0 Å². The van der Waals surface area contributed by atoms with E-state index in [0.717, 1.165) is 5.56 Å². The van der Waals surface area contributed by atoms with Crippen LogP contribution in [0.15, 0.2) is 70.4 Å². The molecule has 6 nitrogen and oxygen atoms in total. The van der Waals surface area contributed by atoms with Crippen LogP contribution >= 0.6 is 0 Å². The SMILES string of the molecule is COc1ccc(-n2c3c([nH]c2=O)C=CC(S(=O)(=O)c2ccc(C)cc2)C=C3)cc1. The molecule has 0 spiro atoms. The molecule has 0 radical (unpaired) electrons. The molecule has 0 bridgehead atoms. The number of nitrogens with zero attached hydrogens (tertiary/aromatic N) is 1. The molecular formula is C22H20N2O4S. The maximum atomic E-state index is 13.0. The van der Waals surface area contributed by atoms with Gasteiger partial charge < -0.3 is 9.72 Å². The van der Waals surface area contributed by atoms with Crippen molar-refractivity contribution in [2.24, 2.45) is 0 Å². The Bertz CT molecular complexity index is 1260. The van der Waals surface area contributed by atoms with E-state index in [-0.39, 0.29) is 10.6 Å². The predicted octanol–water partition coefficient (Wildman–Crippen LogP) is 3.37. The van der Waals surface area contributed by atoms with E-state index in [1.807, 2.05) is 6.92 Å². The molecule has 3 aromatic rings. The number of aromatic nitrogens is 2. The fraction of sp³-hybridized carbons (Fsp3) is 0.136. The maximum Gasteiger partial charge on any atom is 0.331 e. The van der Waals surface area contributed by atoms with Crippen LogP contribution in [0.2, 0.25) is 0 Å². The summed E-state index contributed by atoms with van der Waals surface area (Å²) in [5.74, 6) is 0.683. The van der Waals surface area contributed by atoms with Gasteiger partial charge in [0.1, 0.15) is 11.0 Å². The summed E-state index contributed by atoms with van der Waals surface area (Å²) in [6, 6.07) is 13.9. The predicted molar refractivity (Wildman–Crippen MR) is 113 cm³/mol. The van der Waals surface area contributed by atoms with Crippen LogP contribution in [0.3, 0.4) is 0 Å². The third kappa shape index (κ3) is 3.45. The molecule has 148 valence electrons. The van der Waals surface area contributed by atoms with Gasteiger partial charge in [0.15, 0.2) is 9.84 Å². The van der Waals surface area contributed by atoms with Crippen molar-refractivity contribution in [3.63, 3.8) is 0 Å². The Kier molecular flexibility index (Phi) is 4.76. The molecule has 0 amide bonds. The summed E-state index contributed by atoms with van der Waals surface area (Å²) < 4.78 is 32.7. The maximum absolute atomic E-state index is 13.0. The molecule has 1 aliphatic rings. The summed E-state index contributed by atoms with van der Waals surface area (Å²) in [6.07, 6.45) is 6.51. The minimum atomic E-state index is -3.59. The molecule has 2 aromatic carbocycles. The van der Waals surface area contributed by atoms with Crippen LogP contribution in [-0.4, -0.2) is 30.3 Å². The van der Waals surface area contributed by atoms with Crippen LogP contribution in [0.1, 0.15) is 17.0 Å². The third-order valence-electron chi connectivity index (χ3n) is 4.90. The van der Waals surface area contributed by atoms with E-state index >= 15 is 0 Å². The lowest BCUT2D eigenvalue weighted by Gasteiger charge is -2.10. The van der Waals surface area contributed by atoms with Crippen molar-refractivity contribution in [2.75, 3.05) is 7.11 Å². The second kappa shape index (κ2) is 7.25. The summed E-state index contributed by atoms with van der Waals surface area (Å²) in [4.78, 5) is 15.6. The van der Waals surface area contributed by atoms with Crippen molar-refractivity contribution < 1.29 is 13.2 Å². The van der Waals surface area contributed by atoms with Gasteiger partial charge in [0.25, 0.3) is 0 Å². The Morgan fingerprint density at radius 1 is 0.966 bits per heavy atom. The normalized spacial score (nSPS) is 15.7. The fourth-order valence-corrected chi connectivity index (χ4v) is 4.68. The Balaban J connectivity index is 1.74. The van der Waals surface area contributed by atoms with Crippen LogP contribution in [0.5, 0.6) is 5.75 Å². The Morgan fingerprint density at radius 3 is 2.28 bits per heavy atom. The number of benzene rings is 2. The Morgan fingerprint density at radius 2 is 1.62 bits per heavy atom. The molecular weight excluding hydrogens is 388 g/mol. The van der Waals surface area contributed by atoms with Gasteiger partial charge in [-0.2, -0.15) is 0 Å². The quantitative estimate of drug-likeness (QED) is 0.718. The summed E-state index contributed by atoms with van der Waals surface area (Å²) in [5, 5.41) is -0.828. The number of fused-ring (bicyclic) bond motifs is 1. The largest absolute Gasteiger partial charge is 0.497 e. The number of methoxy groups -OCH3 is 1. The summed E-state index contributed by atoms with van der Waals surface area (Å²) >= 11 is 0. The van der Waals surface area contributed by atoms with Crippen LogP contribution in [0.25, 0.3) is 17.8 Å². The standard InChI is InChI=1S/C22H20N2O4S/c1-15-3-9-18(10-4-15)29(26,27)19-11-13-20-21(14-12-19)24(22(25)23-20)16-5-7-17(28-2)8-6-16/h3-14,19H,1-2H3,(H,23,25). The first-order valence-corrected chi connectivity index (χ1v) is 10.6. The number of H-pyrrole nitrogens is 1. The number of ether oxygens (including phenoxy) is 1. The van der Waals surface area contributed by atoms with Crippen LogP contribution in [0, 0.1) is 6.92 Å². The topological polar surface area (TPSA) is 81.2 Å². The van der Waals surface area contributed by atoms with Crippen LogP contribution in [0.4, 0.5) is 0 Å². The van der Waals surface area contributed by atoms with Gasteiger partial charge in [-0.25, -0.2) is 13.2 Å². The summed E-state index contributed by atoms with van der Waals surface area (Å²) in [6.45, 7) is 1.91. The number of aryl methyl sites for hydroxylation is 1. The first-order chi connectivity index (χ1) is 13.9. The number of hydrogen-bond donors (Lipinski definition) is 1. The monoisotopic (exact) mass is 408 g/mol. The summed E-state index contributed by atoms with van der Waals surface area (Å²) in [5.41, 5.74) is 2.51. The molecule has 1 N–H and O–H groups in total. The van der Waals surface area contributed by atoms with E-state index in [2.05, 4.69) is 4.98 Å². The van der Waals surface area contributed by atoms with Gasteiger partial charge in [-0.3, -0.25) is 4.57 Å². The molecule has 1 aliphatic carbocycles. The van der Waals surface area contributed by atoms with Crippen LogP contribution < -0.4 is 10.4 Å². The lowest BCUT2D eigenvalue weighted by atomic mass is 10.2. The van der Waals surface area contributed by atoms with Gasteiger partial charge in [0.05, 0.1) is 29.1 Å². The van der Waals surface area contributed by atoms with E-state index in [1.165, 1.54) is 4.57 Å². The Labute approximate surface area is 168 Å². The number of aromatic amines is 1. The number of hydrogen-bond acceptors (Lipinski definition) is 4. The van der Waals surface area contributed by atoms with Gasteiger partial charge in [-0.05, 0) is 55.5 Å². The lowest BCUT2D eigenvalue weighted by molar-refractivity contribution is 0.414. The lowest BCUT2D eigenvalue weighted by Crippen LogP contribution is -2.18. The second-order valence-corrected chi connectivity index (χ2v) is 8.91. The number of imidazole rings is 1. The highest BCUT2D eigenvalue weighted by molar-refractivity contribution is 7.92. The van der Waals surface area contributed by atoms with Crippen molar-refractivity contribution in [1.29, 1.82) is 0 Å². The second-order valence-electron chi connectivity index (χ2n) is 6.80.